The molecule has 6 heteroatoms. The van der Waals surface area contributed by atoms with E-state index in [9.17, 15) is 0 Å². The van der Waals surface area contributed by atoms with E-state index in [0.29, 0.717) is 0 Å². The average molecular weight is 408 g/mol. The number of ether oxygens (including phenoxy) is 3. The first kappa shape index (κ1) is 20.4. The van der Waals surface area contributed by atoms with Crippen molar-refractivity contribution in [1.82, 2.24) is 15.1 Å². The Morgan fingerprint density at radius 1 is 1.07 bits per heavy atom. The van der Waals surface area contributed by atoms with Gasteiger partial charge in [-0.3, -0.25) is 10.00 Å². The maximum absolute atomic E-state index is 5.93. The number of nitrogens with zero attached hydrogens (tertiary/aromatic N) is 2. The minimum absolute atomic E-state index is 0.275. The van der Waals surface area contributed by atoms with Crippen molar-refractivity contribution in [3.63, 3.8) is 0 Å². The molecule has 0 spiro atoms. The normalized spacial score (nSPS) is 16.2. The van der Waals surface area contributed by atoms with E-state index in [2.05, 4.69) is 39.4 Å². The lowest BCUT2D eigenvalue weighted by Crippen LogP contribution is -2.31. The molecule has 0 unspecified atom stereocenters. The van der Waals surface area contributed by atoms with Crippen LogP contribution < -0.4 is 9.47 Å². The van der Waals surface area contributed by atoms with Gasteiger partial charge in [-0.15, -0.1) is 0 Å². The second-order valence-electron chi connectivity index (χ2n) is 7.63. The van der Waals surface area contributed by atoms with E-state index < -0.39 is 0 Å². The van der Waals surface area contributed by atoms with Crippen molar-refractivity contribution in [3.8, 4) is 22.8 Å². The number of rotatable bonds is 9. The van der Waals surface area contributed by atoms with Crippen LogP contribution in [0.15, 0.2) is 54.7 Å². The van der Waals surface area contributed by atoms with E-state index in [0.717, 1.165) is 61.8 Å². The molecule has 1 aliphatic heterocycles. The monoisotopic (exact) mass is 407 g/mol. The molecule has 3 aromatic rings. The largest absolute Gasteiger partial charge is 0.493 e. The Kier molecular flexibility index (Phi) is 6.67. The number of H-pyrrole nitrogens is 1. The highest BCUT2D eigenvalue weighted by atomic mass is 16.5. The Balaban J connectivity index is 1.56. The van der Waals surface area contributed by atoms with Crippen LogP contribution in [0.25, 0.3) is 11.3 Å². The summed E-state index contributed by atoms with van der Waals surface area (Å²) < 4.78 is 16.8. The molecule has 0 bridgehead atoms. The molecule has 1 fully saturated rings. The molecule has 30 heavy (non-hydrogen) atoms. The lowest BCUT2D eigenvalue weighted by atomic mass is 10.1. The highest BCUT2D eigenvalue weighted by Crippen LogP contribution is 2.29. The van der Waals surface area contributed by atoms with E-state index in [1.807, 2.05) is 30.5 Å². The molecule has 6 nitrogen and oxygen atoms in total. The minimum Gasteiger partial charge on any atom is -0.493 e. The lowest BCUT2D eigenvalue weighted by molar-refractivity contribution is 0.0679. The fourth-order valence-electron chi connectivity index (χ4n) is 4.03. The Morgan fingerprint density at radius 3 is 2.63 bits per heavy atom. The summed E-state index contributed by atoms with van der Waals surface area (Å²) in [4.78, 5) is 2.43. The van der Waals surface area contributed by atoms with Crippen LogP contribution in [0.4, 0.5) is 0 Å². The van der Waals surface area contributed by atoms with Crippen LogP contribution >= 0.6 is 0 Å². The van der Waals surface area contributed by atoms with Gasteiger partial charge in [0.2, 0.25) is 0 Å². The van der Waals surface area contributed by atoms with E-state index in [4.69, 9.17) is 14.2 Å². The summed E-state index contributed by atoms with van der Waals surface area (Å²) in [7, 11) is 3.33. The second-order valence-corrected chi connectivity index (χ2v) is 7.63. The third-order valence-electron chi connectivity index (χ3n) is 5.51. The summed E-state index contributed by atoms with van der Waals surface area (Å²) in [6.45, 7) is 3.32. The topological polar surface area (TPSA) is 59.6 Å². The first-order chi connectivity index (χ1) is 14.8. The molecule has 1 aliphatic rings. The number of nitrogens with one attached hydrogen (secondary N) is 1. The molecule has 2 heterocycles. The number of methoxy groups -OCH3 is 2. The number of hydrogen-bond acceptors (Lipinski definition) is 5. The van der Waals surface area contributed by atoms with E-state index in [1.165, 1.54) is 11.1 Å². The standard InChI is InChI=1S/C24H29N3O3/c1-28-22-11-10-18(13-23(22)29-2)15-27(17-21-9-6-12-30-21)16-20-14-25-26-24(20)19-7-4-3-5-8-19/h3-5,7-8,10-11,13-14,21H,6,9,12,15-17H2,1-2H3,(H,25,26)/t21-/m1/s1. The molecule has 1 atom stereocenters. The highest BCUT2D eigenvalue weighted by Gasteiger charge is 2.21. The van der Waals surface area contributed by atoms with Crippen molar-refractivity contribution in [2.24, 2.45) is 0 Å². The minimum atomic E-state index is 0.275. The van der Waals surface area contributed by atoms with Crippen molar-refractivity contribution < 1.29 is 14.2 Å². The van der Waals surface area contributed by atoms with Gasteiger partial charge in [-0.2, -0.15) is 5.10 Å². The van der Waals surface area contributed by atoms with Gasteiger partial charge in [0.25, 0.3) is 0 Å². The van der Waals surface area contributed by atoms with Crippen LogP contribution in [0.1, 0.15) is 24.0 Å². The molecule has 1 N–H and O–H groups in total. The third kappa shape index (κ3) is 4.83. The number of hydrogen-bond donors (Lipinski definition) is 1. The van der Waals surface area contributed by atoms with Crippen molar-refractivity contribution >= 4 is 0 Å². The van der Waals surface area contributed by atoms with Gasteiger partial charge in [-0.25, -0.2) is 0 Å². The van der Waals surface area contributed by atoms with Gasteiger partial charge >= 0.3 is 0 Å². The van der Waals surface area contributed by atoms with Crippen molar-refractivity contribution in [1.29, 1.82) is 0 Å². The molecular weight excluding hydrogens is 378 g/mol. The van der Waals surface area contributed by atoms with Crippen molar-refractivity contribution in [2.45, 2.75) is 32.0 Å². The predicted octanol–water partition coefficient (Wildman–Crippen LogP) is 4.28. The van der Waals surface area contributed by atoms with Gasteiger partial charge in [-0.05, 0) is 36.1 Å². The average Bonchev–Trinajstić information content (AvgIpc) is 3.46. The predicted molar refractivity (Wildman–Crippen MR) is 117 cm³/mol. The van der Waals surface area contributed by atoms with Gasteiger partial charge in [0.15, 0.2) is 11.5 Å². The SMILES string of the molecule is COc1ccc(CN(Cc2cn[nH]c2-c2ccccc2)C[C@H]2CCCO2)cc1OC. The zero-order valence-corrected chi connectivity index (χ0v) is 17.6. The zero-order valence-electron chi connectivity index (χ0n) is 17.6. The molecule has 2 aromatic carbocycles. The van der Waals surface area contributed by atoms with Crippen LogP contribution in [0, 0.1) is 0 Å². The van der Waals surface area contributed by atoms with Crippen LogP contribution in [-0.4, -0.2) is 48.6 Å². The summed E-state index contributed by atoms with van der Waals surface area (Å²) >= 11 is 0. The fraction of sp³-hybridized carbons (Fsp3) is 0.375. The molecule has 0 saturated carbocycles. The maximum Gasteiger partial charge on any atom is 0.161 e. The van der Waals surface area contributed by atoms with Crippen molar-refractivity contribution in [3.05, 3.63) is 65.9 Å². The van der Waals surface area contributed by atoms with Gasteiger partial charge in [0.05, 0.1) is 32.2 Å². The van der Waals surface area contributed by atoms with E-state index >= 15 is 0 Å². The van der Waals surface area contributed by atoms with Crippen LogP contribution in [0.5, 0.6) is 11.5 Å². The fourth-order valence-corrected chi connectivity index (χ4v) is 4.03. The number of aromatic amines is 1. The molecule has 0 amide bonds. The maximum atomic E-state index is 5.93. The van der Waals surface area contributed by atoms with E-state index in [1.54, 1.807) is 14.2 Å². The second kappa shape index (κ2) is 9.78. The Labute approximate surface area is 177 Å². The Hall–Kier alpha value is -2.83. The summed E-state index contributed by atoms with van der Waals surface area (Å²) in [6, 6.07) is 16.4. The van der Waals surface area contributed by atoms with Gasteiger partial charge in [0.1, 0.15) is 0 Å². The summed E-state index contributed by atoms with van der Waals surface area (Å²) in [5, 5.41) is 7.49. The first-order valence-corrected chi connectivity index (χ1v) is 10.4. The Morgan fingerprint density at radius 2 is 1.90 bits per heavy atom. The van der Waals surface area contributed by atoms with Crippen LogP contribution in [0.2, 0.25) is 0 Å². The summed E-state index contributed by atoms with van der Waals surface area (Å²) in [5.41, 5.74) is 4.57. The van der Waals surface area contributed by atoms with Crippen LogP contribution in [0.3, 0.4) is 0 Å². The van der Waals surface area contributed by atoms with Crippen LogP contribution in [-0.2, 0) is 17.8 Å². The molecule has 0 radical (unpaired) electrons. The number of aromatic nitrogens is 2. The van der Waals surface area contributed by atoms with Gasteiger partial charge in [-0.1, -0.05) is 36.4 Å². The molecule has 1 saturated heterocycles. The molecule has 4 rings (SSSR count). The van der Waals surface area contributed by atoms with Crippen molar-refractivity contribution in [2.75, 3.05) is 27.4 Å². The van der Waals surface area contributed by atoms with E-state index in [-0.39, 0.29) is 6.10 Å². The first-order valence-electron chi connectivity index (χ1n) is 10.4. The number of benzene rings is 2. The molecule has 158 valence electrons. The molecule has 1 aromatic heterocycles. The summed E-state index contributed by atoms with van der Waals surface area (Å²) in [6.07, 6.45) is 4.45. The lowest BCUT2D eigenvalue weighted by Gasteiger charge is -2.25. The van der Waals surface area contributed by atoms with Gasteiger partial charge < -0.3 is 14.2 Å². The Bertz CT molecular complexity index is 936. The van der Waals surface area contributed by atoms with Gasteiger partial charge in [0, 0.05) is 31.8 Å². The molecular formula is C24H29N3O3. The quantitative estimate of drug-likeness (QED) is 0.574. The molecule has 0 aliphatic carbocycles. The highest BCUT2D eigenvalue weighted by molar-refractivity contribution is 5.62. The smallest absolute Gasteiger partial charge is 0.161 e. The third-order valence-corrected chi connectivity index (χ3v) is 5.51. The zero-order chi connectivity index (χ0) is 20.8. The summed E-state index contributed by atoms with van der Waals surface area (Å²) in [5.74, 6) is 1.49.